The van der Waals surface area contributed by atoms with Gasteiger partial charge < -0.3 is 19.3 Å². The number of hydrogen-bond donors (Lipinski definition) is 1. The largest absolute Gasteiger partial charge is 0.486 e. The molecule has 0 amide bonds. The maximum absolute atomic E-state index is 12.5. The highest BCUT2D eigenvalue weighted by molar-refractivity contribution is 7.89. The second-order valence-electron chi connectivity index (χ2n) is 7.44. The SMILES string of the molecule is CN(C)CCNS(=O)(=O)c1ccc(N(C)Cc2ccc3c(c2)OCCO3)c([N+](=O)[O-])c1. The topological polar surface area (TPSA) is 114 Å². The maximum atomic E-state index is 12.5. The van der Waals surface area contributed by atoms with E-state index in [2.05, 4.69) is 4.72 Å². The van der Waals surface area contributed by atoms with Gasteiger partial charge in [0.1, 0.15) is 18.9 Å². The standard InChI is InChI=1S/C20H26N4O6S/c1-22(2)9-8-21-31(27,28)16-5-6-17(18(13-16)24(25)26)23(3)14-15-4-7-19-20(12-15)30-11-10-29-19/h4-7,12-13,21H,8-11,14H2,1-3H3. The molecule has 0 atom stereocenters. The van der Waals surface area contributed by atoms with E-state index in [9.17, 15) is 18.5 Å². The Morgan fingerprint density at radius 1 is 1.06 bits per heavy atom. The Labute approximate surface area is 181 Å². The molecular formula is C20H26N4O6S. The summed E-state index contributed by atoms with van der Waals surface area (Å²) < 4.78 is 38.6. The number of likely N-dealkylation sites (N-methyl/N-ethyl adjacent to an activating group) is 1. The van der Waals surface area contributed by atoms with Crippen LogP contribution in [0.25, 0.3) is 0 Å². The molecule has 0 unspecified atom stereocenters. The van der Waals surface area contributed by atoms with E-state index < -0.39 is 14.9 Å². The average molecular weight is 451 g/mol. The zero-order chi connectivity index (χ0) is 22.6. The fraction of sp³-hybridized carbons (Fsp3) is 0.400. The zero-order valence-electron chi connectivity index (χ0n) is 17.7. The van der Waals surface area contributed by atoms with Crippen LogP contribution in [0.5, 0.6) is 11.5 Å². The third-order valence-electron chi connectivity index (χ3n) is 4.74. The summed E-state index contributed by atoms with van der Waals surface area (Å²) in [6.45, 7) is 2.05. The number of benzene rings is 2. The Morgan fingerprint density at radius 3 is 2.45 bits per heavy atom. The molecule has 10 nitrogen and oxygen atoms in total. The molecule has 1 aliphatic rings. The number of nitrogens with zero attached hydrogens (tertiary/aromatic N) is 3. The van der Waals surface area contributed by atoms with Crippen molar-refractivity contribution in [3.8, 4) is 11.5 Å². The quantitative estimate of drug-likeness (QED) is 0.455. The van der Waals surface area contributed by atoms with E-state index in [-0.39, 0.29) is 17.1 Å². The molecule has 0 aliphatic carbocycles. The Hall–Kier alpha value is -2.89. The molecule has 0 saturated carbocycles. The Bertz CT molecular complexity index is 1060. The lowest BCUT2D eigenvalue weighted by atomic mass is 10.1. The highest BCUT2D eigenvalue weighted by Gasteiger charge is 2.23. The molecular weight excluding hydrogens is 424 g/mol. The summed E-state index contributed by atoms with van der Waals surface area (Å²) in [5, 5.41) is 11.7. The molecule has 1 aliphatic heterocycles. The van der Waals surface area contributed by atoms with Gasteiger partial charge in [0, 0.05) is 32.7 Å². The Morgan fingerprint density at radius 2 is 1.77 bits per heavy atom. The summed E-state index contributed by atoms with van der Waals surface area (Å²) in [7, 11) is 1.51. The van der Waals surface area contributed by atoms with Crippen LogP contribution in [0, 0.1) is 10.1 Å². The first-order valence-corrected chi connectivity index (χ1v) is 11.2. The fourth-order valence-corrected chi connectivity index (χ4v) is 4.21. The van der Waals surface area contributed by atoms with Gasteiger partial charge in [-0.25, -0.2) is 13.1 Å². The summed E-state index contributed by atoms with van der Waals surface area (Å²) in [6, 6.07) is 9.43. The van der Waals surface area contributed by atoms with E-state index in [4.69, 9.17) is 9.47 Å². The molecule has 1 heterocycles. The van der Waals surface area contributed by atoms with Crippen LogP contribution in [0.15, 0.2) is 41.3 Å². The molecule has 2 aromatic rings. The van der Waals surface area contributed by atoms with E-state index in [0.29, 0.717) is 43.5 Å². The Balaban J connectivity index is 1.81. The fourth-order valence-electron chi connectivity index (χ4n) is 3.17. The number of nitrogens with one attached hydrogen (secondary N) is 1. The number of nitro groups is 1. The number of ether oxygens (including phenoxy) is 2. The van der Waals surface area contributed by atoms with Crippen LogP contribution in [0.1, 0.15) is 5.56 Å². The van der Waals surface area contributed by atoms with Gasteiger partial charge in [-0.1, -0.05) is 6.07 Å². The highest BCUT2D eigenvalue weighted by atomic mass is 32.2. The second-order valence-corrected chi connectivity index (χ2v) is 9.21. The van der Waals surface area contributed by atoms with Gasteiger partial charge in [0.15, 0.2) is 11.5 Å². The van der Waals surface area contributed by atoms with Crippen molar-refractivity contribution in [1.29, 1.82) is 0 Å². The molecule has 0 aromatic heterocycles. The van der Waals surface area contributed by atoms with Crippen molar-refractivity contribution >= 4 is 21.4 Å². The summed E-state index contributed by atoms with van der Waals surface area (Å²) in [4.78, 5) is 14.5. The smallest absolute Gasteiger partial charge is 0.293 e. The van der Waals surface area contributed by atoms with Crippen molar-refractivity contribution in [3.05, 3.63) is 52.1 Å². The van der Waals surface area contributed by atoms with E-state index >= 15 is 0 Å². The number of hydrogen-bond acceptors (Lipinski definition) is 8. The van der Waals surface area contributed by atoms with Crippen LogP contribution >= 0.6 is 0 Å². The van der Waals surface area contributed by atoms with Crippen LogP contribution in [-0.2, 0) is 16.6 Å². The predicted octanol–water partition coefficient (Wildman–Crippen LogP) is 1.84. The predicted molar refractivity (Wildman–Crippen MR) is 116 cm³/mol. The summed E-state index contributed by atoms with van der Waals surface area (Å²) in [5.41, 5.74) is 0.908. The van der Waals surface area contributed by atoms with Crippen molar-refractivity contribution in [2.24, 2.45) is 0 Å². The van der Waals surface area contributed by atoms with E-state index in [1.54, 1.807) is 18.0 Å². The van der Waals surface area contributed by atoms with Crippen LogP contribution in [0.4, 0.5) is 11.4 Å². The lowest BCUT2D eigenvalue weighted by molar-refractivity contribution is -0.384. The first-order valence-electron chi connectivity index (χ1n) is 9.70. The van der Waals surface area contributed by atoms with Crippen LogP contribution in [0.3, 0.4) is 0 Å². The summed E-state index contributed by atoms with van der Waals surface area (Å²) in [5.74, 6) is 1.30. The van der Waals surface area contributed by atoms with Gasteiger partial charge in [0.25, 0.3) is 5.69 Å². The first kappa shape index (κ1) is 22.8. The van der Waals surface area contributed by atoms with Crippen molar-refractivity contribution < 1.29 is 22.8 Å². The van der Waals surface area contributed by atoms with Gasteiger partial charge in [-0.3, -0.25) is 10.1 Å². The normalized spacial score (nSPS) is 13.3. The van der Waals surface area contributed by atoms with Crippen molar-refractivity contribution in [3.63, 3.8) is 0 Å². The molecule has 0 spiro atoms. The van der Waals surface area contributed by atoms with Gasteiger partial charge in [0.05, 0.1) is 9.82 Å². The summed E-state index contributed by atoms with van der Waals surface area (Å²) >= 11 is 0. The molecule has 0 radical (unpaired) electrons. The minimum atomic E-state index is -3.85. The number of nitro benzene ring substituents is 1. The number of fused-ring (bicyclic) bond motifs is 1. The molecule has 0 fully saturated rings. The molecule has 0 saturated heterocycles. The molecule has 2 aromatic carbocycles. The number of rotatable bonds is 9. The minimum Gasteiger partial charge on any atom is -0.486 e. The number of sulfonamides is 1. The molecule has 31 heavy (non-hydrogen) atoms. The zero-order valence-corrected chi connectivity index (χ0v) is 18.5. The van der Waals surface area contributed by atoms with E-state index in [1.165, 1.54) is 12.1 Å². The molecule has 168 valence electrons. The highest BCUT2D eigenvalue weighted by Crippen LogP contribution is 2.34. The van der Waals surface area contributed by atoms with Crippen molar-refractivity contribution in [2.45, 2.75) is 11.4 Å². The average Bonchev–Trinajstić information content (AvgIpc) is 2.72. The van der Waals surface area contributed by atoms with Gasteiger partial charge >= 0.3 is 0 Å². The third-order valence-corrected chi connectivity index (χ3v) is 6.20. The van der Waals surface area contributed by atoms with Crippen LogP contribution in [0.2, 0.25) is 0 Å². The van der Waals surface area contributed by atoms with Crippen molar-refractivity contribution in [1.82, 2.24) is 9.62 Å². The molecule has 0 bridgehead atoms. The van der Waals surface area contributed by atoms with Gasteiger partial charge in [-0.15, -0.1) is 0 Å². The minimum absolute atomic E-state index is 0.144. The lowest BCUT2D eigenvalue weighted by Gasteiger charge is -2.22. The summed E-state index contributed by atoms with van der Waals surface area (Å²) in [6.07, 6.45) is 0. The third kappa shape index (κ3) is 5.63. The van der Waals surface area contributed by atoms with E-state index in [1.807, 2.05) is 31.1 Å². The second kappa shape index (κ2) is 9.50. The maximum Gasteiger partial charge on any atom is 0.293 e. The van der Waals surface area contributed by atoms with Crippen molar-refractivity contribution in [2.75, 3.05) is 52.3 Å². The van der Waals surface area contributed by atoms with Gasteiger partial charge in [-0.2, -0.15) is 0 Å². The van der Waals surface area contributed by atoms with Gasteiger partial charge in [-0.05, 0) is 43.9 Å². The van der Waals surface area contributed by atoms with E-state index in [0.717, 1.165) is 11.6 Å². The molecule has 11 heteroatoms. The monoisotopic (exact) mass is 450 g/mol. The molecule has 3 rings (SSSR count). The molecule has 1 N–H and O–H groups in total. The van der Waals surface area contributed by atoms with Crippen LogP contribution in [-0.4, -0.2) is 65.7 Å². The Kier molecular flexibility index (Phi) is 6.98. The number of anilines is 1. The first-order chi connectivity index (χ1) is 14.7. The van der Waals surface area contributed by atoms with Crippen LogP contribution < -0.4 is 19.1 Å². The van der Waals surface area contributed by atoms with Gasteiger partial charge in [0.2, 0.25) is 10.0 Å². The lowest BCUT2D eigenvalue weighted by Crippen LogP contribution is -2.31.